The smallest absolute Gasteiger partial charge is 0.254 e. The minimum atomic E-state index is 0.0444. The van der Waals surface area contributed by atoms with Crippen molar-refractivity contribution in [1.29, 1.82) is 0 Å². The molecule has 0 spiro atoms. The Hall–Kier alpha value is -3.03. The Morgan fingerprint density at radius 2 is 1.63 bits per heavy atom. The minimum absolute atomic E-state index is 0.0444. The van der Waals surface area contributed by atoms with Gasteiger partial charge in [-0.1, -0.05) is 13.8 Å². The zero-order valence-corrected chi connectivity index (χ0v) is 18.6. The van der Waals surface area contributed by atoms with Crippen LogP contribution in [0.15, 0.2) is 12.1 Å². The minimum Gasteiger partial charge on any atom is -0.353 e. The zero-order chi connectivity index (χ0) is 21.6. The third-order valence-corrected chi connectivity index (χ3v) is 5.59. The molecule has 1 fully saturated rings. The van der Waals surface area contributed by atoms with Crippen molar-refractivity contribution in [2.24, 2.45) is 7.05 Å². The number of aromatic nitrogens is 5. The molecule has 158 valence electrons. The number of amides is 1. The highest BCUT2D eigenvalue weighted by molar-refractivity contribution is 6.06. The van der Waals surface area contributed by atoms with Gasteiger partial charge in [-0.15, -0.1) is 0 Å². The van der Waals surface area contributed by atoms with E-state index in [9.17, 15) is 4.79 Å². The molecule has 0 aromatic carbocycles. The van der Waals surface area contributed by atoms with Crippen LogP contribution in [0.25, 0.3) is 11.0 Å². The molecule has 0 saturated carbocycles. The molecule has 3 aromatic rings. The van der Waals surface area contributed by atoms with E-state index in [2.05, 4.69) is 33.8 Å². The maximum absolute atomic E-state index is 13.4. The van der Waals surface area contributed by atoms with Gasteiger partial charge in [0.15, 0.2) is 5.65 Å². The van der Waals surface area contributed by atoms with Crippen LogP contribution in [0.4, 0.5) is 5.82 Å². The van der Waals surface area contributed by atoms with E-state index in [1.807, 2.05) is 44.9 Å². The number of piperazine rings is 1. The molecule has 8 heteroatoms. The Morgan fingerprint density at radius 1 is 0.967 bits per heavy atom. The molecule has 1 saturated heterocycles. The first-order valence-electron chi connectivity index (χ1n) is 10.5. The number of rotatable bonds is 3. The normalized spacial score (nSPS) is 14.8. The third-order valence-electron chi connectivity index (χ3n) is 5.59. The van der Waals surface area contributed by atoms with Crippen LogP contribution >= 0.6 is 0 Å². The standard InChI is InChI=1S/C22H29N7O/c1-13(2)20-23-15(4)12-18(25-20)28-7-9-29(10-8-28)22(30)17-11-14(3)24-21-19(17)16(5)26-27(21)6/h11-13H,7-10H2,1-6H3. The summed E-state index contributed by atoms with van der Waals surface area (Å²) < 4.78 is 1.75. The van der Waals surface area contributed by atoms with Crippen LogP contribution < -0.4 is 4.90 Å². The van der Waals surface area contributed by atoms with Crippen molar-refractivity contribution in [3.8, 4) is 0 Å². The first-order chi connectivity index (χ1) is 14.2. The van der Waals surface area contributed by atoms with Crippen molar-refractivity contribution < 1.29 is 4.79 Å². The van der Waals surface area contributed by atoms with Gasteiger partial charge in [0.25, 0.3) is 5.91 Å². The second kappa shape index (κ2) is 7.66. The van der Waals surface area contributed by atoms with Crippen molar-refractivity contribution in [2.45, 2.75) is 40.5 Å². The predicted molar refractivity (Wildman–Crippen MR) is 117 cm³/mol. The van der Waals surface area contributed by atoms with E-state index in [4.69, 9.17) is 4.98 Å². The quantitative estimate of drug-likeness (QED) is 0.664. The third kappa shape index (κ3) is 3.62. The molecular formula is C22H29N7O. The zero-order valence-electron chi connectivity index (χ0n) is 18.6. The van der Waals surface area contributed by atoms with Crippen LogP contribution in [0.2, 0.25) is 0 Å². The average molecular weight is 408 g/mol. The van der Waals surface area contributed by atoms with E-state index in [1.165, 1.54) is 0 Å². The summed E-state index contributed by atoms with van der Waals surface area (Å²) in [6.07, 6.45) is 0. The van der Waals surface area contributed by atoms with Crippen LogP contribution in [-0.4, -0.2) is 61.7 Å². The summed E-state index contributed by atoms with van der Waals surface area (Å²) in [4.78, 5) is 31.4. The molecule has 0 bridgehead atoms. The Morgan fingerprint density at radius 3 is 2.30 bits per heavy atom. The van der Waals surface area contributed by atoms with Crippen molar-refractivity contribution in [2.75, 3.05) is 31.1 Å². The fourth-order valence-electron chi connectivity index (χ4n) is 4.04. The van der Waals surface area contributed by atoms with Gasteiger partial charge in [0.05, 0.1) is 16.6 Å². The van der Waals surface area contributed by atoms with Crippen LogP contribution in [0.5, 0.6) is 0 Å². The van der Waals surface area contributed by atoms with Crippen molar-refractivity contribution >= 4 is 22.8 Å². The van der Waals surface area contributed by atoms with Crippen molar-refractivity contribution in [1.82, 2.24) is 29.6 Å². The summed E-state index contributed by atoms with van der Waals surface area (Å²) in [5.74, 6) is 2.14. The molecule has 1 aliphatic rings. The number of anilines is 1. The summed E-state index contributed by atoms with van der Waals surface area (Å²) in [5, 5.41) is 5.31. The van der Waals surface area contributed by atoms with E-state index >= 15 is 0 Å². The van der Waals surface area contributed by atoms with Crippen molar-refractivity contribution in [3.63, 3.8) is 0 Å². The number of fused-ring (bicyclic) bond motifs is 1. The lowest BCUT2D eigenvalue weighted by Gasteiger charge is -2.35. The van der Waals surface area contributed by atoms with Crippen molar-refractivity contribution in [3.05, 3.63) is 40.6 Å². The van der Waals surface area contributed by atoms with Crippen LogP contribution in [0.1, 0.15) is 53.0 Å². The highest BCUT2D eigenvalue weighted by Crippen LogP contribution is 2.24. The highest BCUT2D eigenvalue weighted by atomic mass is 16.2. The number of aryl methyl sites for hydroxylation is 4. The molecule has 8 nitrogen and oxygen atoms in total. The molecule has 4 heterocycles. The molecular weight excluding hydrogens is 378 g/mol. The number of nitrogens with zero attached hydrogens (tertiary/aromatic N) is 7. The van der Waals surface area contributed by atoms with Gasteiger partial charge in [-0.3, -0.25) is 9.48 Å². The van der Waals surface area contributed by atoms with E-state index in [0.29, 0.717) is 18.7 Å². The van der Waals surface area contributed by atoms with Gasteiger partial charge < -0.3 is 9.80 Å². The summed E-state index contributed by atoms with van der Waals surface area (Å²) in [6.45, 7) is 12.9. The monoisotopic (exact) mass is 407 g/mol. The fraction of sp³-hybridized carbons (Fsp3) is 0.500. The maximum Gasteiger partial charge on any atom is 0.254 e. The molecule has 0 N–H and O–H groups in total. The number of pyridine rings is 1. The molecule has 30 heavy (non-hydrogen) atoms. The van der Waals surface area contributed by atoms with E-state index in [0.717, 1.165) is 52.8 Å². The Kier molecular flexibility index (Phi) is 5.17. The summed E-state index contributed by atoms with van der Waals surface area (Å²) >= 11 is 0. The Balaban J connectivity index is 1.56. The van der Waals surface area contributed by atoms with E-state index < -0.39 is 0 Å². The van der Waals surface area contributed by atoms with Gasteiger partial charge in [-0.25, -0.2) is 15.0 Å². The summed E-state index contributed by atoms with van der Waals surface area (Å²) in [7, 11) is 1.87. The van der Waals surface area contributed by atoms with Gasteiger partial charge in [0.1, 0.15) is 11.6 Å². The lowest BCUT2D eigenvalue weighted by atomic mass is 10.1. The van der Waals surface area contributed by atoms with E-state index in [1.54, 1.807) is 4.68 Å². The molecule has 0 aliphatic carbocycles. The molecule has 4 rings (SSSR count). The highest BCUT2D eigenvalue weighted by Gasteiger charge is 2.26. The largest absolute Gasteiger partial charge is 0.353 e. The lowest BCUT2D eigenvalue weighted by Crippen LogP contribution is -2.49. The first kappa shape index (κ1) is 20.3. The summed E-state index contributed by atoms with van der Waals surface area (Å²) in [5.41, 5.74) is 4.08. The number of hydrogen-bond donors (Lipinski definition) is 0. The number of hydrogen-bond acceptors (Lipinski definition) is 6. The van der Waals surface area contributed by atoms with E-state index in [-0.39, 0.29) is 11.8 Å². The fourth-order valence-corrected chi connectivity index (χ4v) is 4.04. The average Bonchev–Trinajstić information content (AvgIpc) is 3.00. The first-order valence-corrected chi connectivity index (χ1v) is 10.5. The predicted octanol–water partition coefficient (Wildman–Crippen LogP) is 2.77. The maximum atomic E-state index is 13.4. The van der Waals surface area contributed by atoms with Crippen LogP contribution in [0, 0.1) is 20.8 Å². The SMILES string of the molecule is Cc1cc(N2CCN(C(=O)c3cc(C)nc4c3c(C)nn4C)CC2)nc(C(C)C)n1. The second-order valence-corrected chi connectivity index (χ2v) is 8.38. The van der Waals surface area contributed by atoms with Gasteiger partial charge in [-0.2, -0.15) is 5.10 Å². The molecule has 0 atom stereocenters. The summed E-state index contributed by atoms with van der Waals surface area (Å²) in [6, 6.07) is 3.91. The second-order valence-electron chi connectivity index (χ2n) is 8.38. The number of carbonyl (C=O) groups excluding carboxylic acids is 1. The van der Waals surface area contributed by atoms with Crippen LogP contribution in [0.3, 0.4) is 0 Å². The molecule has 0 radical (unpaired) electrons. The molecule has 1 amide bonds. The van der Waals surface area contributed by atoms with Gasteiger partial charge in [0.2, 0.25) is 0 Å². The lowest BCUT2D eigenvalue weighted by molar-refractivity contribution is 0.0748. The molecule has 3 aromatic heterocycles. The van der Waals surface area contributed by atoms with Gasteiger partial charge in [0, 0.05) is 56.6 Å². The Labute approximate surface area is 176 Å². The van der Waals surface area contributed by atoms with Gasteiger partial charge in [-0.05, 0) is 26.8 Å². The molecule has 1 aliphatic heterocycles. The van der Waals surface area contributed by atoms with Gasteiger partial charge >= 0.3 is 0 Å². The van der Waals surface area contributed by atoms with Crippen LogP contribution in [-0.2, 0) is 7.05 Å². The topological polar surface area (TPSA) is 80.0 Å². The Bertz CT molecular complexity index is 1110. The number of carbonyl (C=O) groups is 1. The molecule has 0 unspecified atom stereocenters.